The molecule has 3 heterocycles. The number of nitrogens with zero attached hydrogens (tertiary/aromatic N) is 4. The number of nitrogens with one attached hydrogen (secondary N) is 3. The van der Waals surface area contributed by atoms with Gasteiger partial charge in [0.2, 0.25) is 0 Å². The topological polar surface area (TPSA) is 145 Å². The molecular weight excluding hydrogens is 397 g/mol. The van der Waals surface area contributed by atoms with Crippen molar-refractivity contribution in [1.29, 1.82) is 0 Å². The molecular formula is C18H16FN7O4. The van der Waals surface area contributed by atoms with Crippen LogP contribution in [0.4, 0.5) is 20.7 Å². The smallest absolute Gasteiger partial charge is 0.323 e. The molecule has 0 aliphatic carbocycles. The minimum atomic E-state index is -0.704. The Morgan fingerprint density at radius 1 is 1.23 bits per heavy atom. The summed E-state index contributed by atoms with van der Waals surface area (Å²) in [5.74, 6) is -0.854. The predicted octanol–water partition coefficient (Wildman–Crippen LogP) is 1.59. The first-order chi connectivity index (χ1) is 14.5. The normalized spacial score (nSPS) is 13.5. The number of aliphatic hydroxyl groups is 1. The first kappa shape index (κ1) is 19.3. The van der Waals surface area contributed by atoms with E-state index in [1.807, 2.05) is 0 Å². The highest BCUT2D eigenvalue weighted by molar-refractivity contribution is 6.02. The van der Waals surface area contributed by atoms with Crippen molar-refractivity contribution in [3.63, 3.8) is 0 Å². The van der Waals surface area contributed by atoms with Crippen LogP contribution in [-0.2, 0) is 0 Å². The number of aromatic amines is 1. The van der Waals surface area contributed by atoms with E-state index in [9.17, 15) is 19.1 Å². The molecule has 0 unspecified atom stereocenters. The van der Waals surface area contributed by atoms with Gasteiger partial charge in [0.25, 0.3) is 5.91 Å². The van der Waals surface area contributed by atoms with Crippen molar-refractivity contribution in [2.24, 2.45) is 0 Å². The number of urea groups is 1. The number of aromatic nitrogens is 4. The zero-order valence-electron chi connectivity index (χ0n) is 15.4. The molecule has 0 saturated carbocycles. The Labute approximate surface area is 168 Å². The number of hydrogen-bond acceptors (Lipinski definition) is 7. The molecule has 11 nitrogen and oxygen atoms in total. The van der Waals surface area contributed by atoms with Gasteiger partial charge in [0, 0.05) is 24.0 Å². The summed E-state index contributed by atoms with van der Waals surface area (Å²) in [6.45, 7) is 0.513. The van der Waals surface area contributed by atoms with Crippen molar-refractivity contribution in [2.45, 2.75) is 6.10 Å². The summed E-state index contributed by atoms with van der Waals surface area (Å²) < 4.78 is 19.9. The standard InChI is InChI=1S/C18H16FN7O4/c19-13-5-10(22-17(28)14-7-21-25-24-14)1-2-15(13)30-12-3-4-20-16(6-12)23-18(29)26-8-11(27)9-26/h1-7,11,27H,8-9H2,(H,22,28)(H,20,23,29)(H,21,24,25). The lowest BCUT2D eigenvalue weighted by atomic mass is 10.2. The lowest BCUT2D eigenvalue weighted by Gasteiger charge is -2.35. The maximum Gasteiger partial charge on any atom is 0.323 e. The Balaban J connectivity index is 1.40. The summed E-state index contributed by atoms with van der Waals surface area (Å²) in [6, 6.07) is 6.47. The highest BCUT2D eigenvalue weighted by Gasteiger charge is 2.28. The van der Waals surface area contributed by atoms with Gasteiger partial charge in [-0.25, -0.2) is 14.2 Å². The van der Waals surface area contributed by atoms with Gasteiger partial charge in [0.1, 0.15) is 11.6 Å². The second-order valence-electron chi connectivity index (χ2n) is 6.43. The molecule has 0 spiro atoms. The third kappa shape index (κ3) is 4.33. The maximum absolute atomic E-state index is 14.4. The van der Waals surface area contributed by atoms with Gasteiger partial charge in [0.05, 0.1) is 25.4 Å². The van der Waals surface area contributed by atoms with E-state index in [2.05, 4.69) is 31.0 Å². The van der Waals surface area contributed by atoms with Gasteiger partial charge < -0.3 is 20.1 Å². The molecule has 1 fully saturated rings. The average Bonchev–Trinajstić information content (AvgIpc) is 3.23. The van der Waals surface area contributed by atoms with Gasteiger partial charge in [-0.2, -0.15) is 0 Å². The number of carbonyl (C=O) groups is 2. The van der Waals surface area contributed by atoms with Gasteiger partial charge in [-0.15, -0.1) is 5.10 Å². The van der Waals surface area contributed by atoms with E-state index in [1.165, 1.54) is 41.6 Å². The molecule has 4 N–H and O–H groups in total. The van der Waals surface area contributed by atoms with Crippen LogP contribution in [0.3, 0.4) is 0 Å². The predicted molar refractivity (Wildman–Crippen MR) is 102 cm³/mol. The summed E-state index contributed by atoms with van der Waals surface area (Å²) in [5.41, 5.74) is 0.280. The van der Waals surface area contributed by atoms with E-state index in [-0.39, 0.29) is 41.8 Å². The van der Waals surface area contributed by atoms with Gasteiger partial charge in [-0.1, -0.05) is 5.21 Å². The minimum absolute atomic E-state index is 0.0647. The quantitative estimate of drug-likeness (QED) is 0.497. The largest absolute Gasteiger partial charge is 0.454 e. The average molecular weight is 413 g/mol. The van der Waals surface area contributed by atoms with E-state index in [0.29, 0.717) is 0 Å². The van der Waals surface area contributed by atoms with Crippen molar-refractivity contribution >= 4 is 23.4 Å². The first-order valence-corrected chi connectivity index (χ1v) is 8.83. The lowest BCUT2D eigenvalue weighted by Crippen LogP contribution is -2.54. The van der Waals surface area contributed by atoms with E-state index >= 15 is 0 Å². The molecule has 1 aliphatic heterocycles. The van der Waals surface area contributed by atoms with Crippen LogP contribution >= 0.6 is 0 Å². The molecule has 30 heavy (non-hydrogen) atoms. The Hall–Kier alpha value is -4.06. The zero-order valence-corrected chi connectivity index (χ0v) is 15.4. The lowest BCUT2D eigenvalue weighted by molar-refractivity contribution is 0.0308. The fourth-order valence-corrected chi connectivity index (χ4v) is 2.65. The molecule has 154 valence electrons. The third-order valence-electron chi connectivity index (χ3n) is 4.18. The van der Waals surface area contributed by atoms with E-state index in [4.69, 9.17) is 4.74 Å². The molecule has 4 rings (SSSR count). The number of aliphatic hydroxyl groups excluding tert-OH is 1. The number of H-pyrrole nitrogens is 1. The molecule has 0 bridgehead atoms. The van der Waals surface area contributed by atoms with Crippen molar-refractivity contribution in [3.05, 3.63) is 54.2 Å². The first-order valence-electron chi connectivity index (χ1n) is 8.83. The van der Waals surface area contributed by atoms with Crippen LogP contribution in [0.2, 0.25) is 0 Å². The van der Waals surface area contributed by atoms with Gasteiger partial charge in [0.15, 0.2) is 17.3 Å². The summed E-state index contributed by atoms with van der Waals surface area (Å²) in [6.07, 6.45) is 2.21. The van der Waals surface area contributed by atoms with Crippen LogP contribution < -0.4 is 15.4 Å². The van der Waals surface area contributed by atoms with Crippen LogP contribution in [0.15, 0.2) is 42.7 Å². The van der Waals surface area contributed by atoms with Crippen molar-refractivity contribution in [2.75, 3.05) is 23.7 Å². The molecule has 1 aliphatic rings. The minimum Gasteiger partial charge on any atom is -0.454 e. The SMILES string of the molecule is O=C(Nc1ccc(Oc2ccnc(NC(=O)N3CC(O)C3)c2)c(F)c1)c1c[nH]nn1. The highest BCUT2D eigenvalue weighted by atomic mass is 19.1. The Morgan fingerprint density at radius 2 is 2.07 bits per heavy atom. The van der Waals surface area contributed by atoms with Crippen LogP contribution in [0.5, 0.6) is 11.5 Å². The van der Waals surface area contributed by atoms with E-state index in [0.717, 1.165) is 6.07 Å². The summed E-state index contributed by atoms with van der Waals surface area (Å²) in [4.78, 5) is 29.4. The number of ether oxygens (including phenoxy) is 1. The van der Waals surface area contributed by atoms with E-state index < -0.39 is 23.9 Å². The summed E-state index contributed by atoms with van der Waals surface area (Å²) in [5, 5.41) is 23.8. The second kappa shape index (κ2) is 8.13. The number of hydrogen-bond donors (Lipinski definition) is 4. The van der Waals surface area contributed by atoms with Crippen molar-refractivity contribution < 1.29 is 23.8 Å². The number of β-amino-alcohol motifs (C(OH)–C–C–N with tert-alkyl or cyclic N) is 1. The van der Waals surface area contributed by atoms with E-state index in [1.54, 1.807) is 0 Å². The Morgan fingerprint density at radius 3 is 2.77 bits per heavy atom. The van der Waals surface area contributed by atoms with Crippen molar-refractivity contribution in [1.82, 2.24) is 25.3 Å². The molecule has 0 radical (unpaired) electrons. The Bertz CT molecular complexity index is 1070. The number of pyridine rings is 1. The fraction of sp³-hybridized carbons (Fsp3) is 0.167. The van der Waals surface area contributed by atoms with Crippen LogP contribution in [0.1, 0.15) is 10.5 Å². The number of anilines is 2. The fourth-order valence-electron chi connectivity index (χ4n) is 2.65. The van der Waals surface area contributed by atoms with Crippen LogP contribution in [0, 0.1) is 5.82 Å². The van der Waals surface area contributed by atoms with Crippen LogP contribution in [-0.4, -0.2) is 61.5 Å². The molecule has 3 aromatic rings. The molecule has 2 aromatic heterocycles. The highest BCUT2D eigenvalue weighted by Crippen LogP contribution is 2.28. The molecule has 3 amide bonds. The number of benzene rings is 1. The number of amides is 3. The molecule has 0 atom stereocenters. The Kier molecular flexibility index (Phi) is 5.22. The summed E-state index contributed by atoms with van der Waals surface area (Å²) >= 11 is 0. The molecule has 1 saturated heterocycles. The monoisotopic (exact) mass is 413 g/mol. The number of halogens is 1. The van der Waals surface area contributed by atoms with Gasteiger partial charge >= 0.3 is 6.03 Å². The molecule has 12 heteroatoms. The molecule has 1 aromatic carbocycles. The maximum atomic E-state index is 14.4. The van der Waals surface area contributed by atoms with Gasteiger partial charge in [-0.3, -0.25) is 15.2 Å². The van der Waals surface area contributed by atoms with Crippen LogP contribution in [0.25, 0.3) is 0 Å². The number of carbonyl (C=O) groups excluding carboxylic acids is 2. The number of likely N-dealkylation sites (tertiary alicyclic amines) is 1. The van der Waals surface area contributed by atoms with Crippen molar-refractivity contribution in [3.8, 4) is 11.5 Å². The number of rotatable bonds is 5. The summed E-state index contributed by atoms with van der Waals surface area (Å²) in [7, 11) is 0. The zero-order chi connectivity index (χ0) is 21.1. The third-order valence-corrected chi connectivity index (χ3v) is 4.18. The van der Waals surface area contributed by atoms with Gasteiger partial charge in [-0.05, 0) is 18.2 Å². The second-order valence-corrected chi connectivity index (χ2v) is 6.43.